The Morgan fingerprint density at radius 3 is 2.53 bits per heavy atom. The number of hydrogen-bond donors (Lipinski definition) is 1. The lowest BCUT2D eigenvalue weighted by atomic mass is 10.1. The SMILES string of the molecule is OC(Cc1ccc2ccccc2n1)C(Cl)(Cl)Cl. The van der Waals surface area contributed by atoms with Gasteiger partial charge in [0.15, 0.2) is 0 Å². The van der Waals surface area contributed by atoms with E-state index in [1.807, 2.05) is 36.4 Å². The van der Waals surface area contributed by atoms with E-state index in [4.69, 9.17) is 34.8 Å². The Morgan fingerprint density at radius 1 is 1.12 bits per heavy atom. The minimum absolute atomic E-state index is 0.210. The van der Waals surface area contributed by atoms with Gasteiger partial charge >= 0.3 is 0 Å². The summed E-state index contributed by atoms with van der Waals surface area (Å²) in [5, 5.41) is 10.7. The molecule has 0 fully saturated rings. The van der Waals surface area contributed by atoms with Gasteiger partial charge in [-0.1, -0.05) is 59.1 Å². The first-order chi connectivity index (χ1) is 7.97. The molecule has 2 nitrogen and oxygen atoms in total. The molecule has 0 aliphatic carbocycles. The zero-order chi connectivity index (χ0) is 12.5. The number of halogens is 3. The molecule has 17 heavy (non-hydrogen) atoms. The highest BCUT2D eigenvalue weighted by Gasteiger charge is 2.31. The van der Waals surface area contributed by atoms with Crippen LogP contribution in [0.15, 0.2) is 36.4 Å². The molecule has 0 amide bonds. The lowest BCUT2D eigenvalue weighted by molar-refractivity contribution is 0.178. The third-order valence-corrected chi connectivity index (χ3v) is 3.19. The lowest BCUT2D eigenvalue weighted by Gasteiger charge is -2.18. The maximum atomic E-state index is 9.68. The van der Waals surface area contributed by atoms with Gasteiger partial charge < -0.3 is 5.11 Å². The van der Waals surface area contributed by atoms with E-state index >= 15 is 0 Å². The van der Waals surface area contributed by atoms with Crippen molar-refractivity contribution in [3.63, 3.8) is 0 Å². The van der Waals surface area contributed by atoms with E-state index in [2.05, 4.69) is 4.98 Å². The van der Waals surface area contributed by atoms with Crippen LogP contribution >= 0.6 is 34.8 Å². The molecule has 1 aromatic carbocycles. The van der Waals surface area contributed by atoms with Gasteiger partial charge in [-0.25, -0.2) is 0 Å². The van der Waals surface area contributed by atoms with Gasteiger partial charge in [-0.3, -0.25) is 4.98 Å². The molecular weight excluding hydrogens is 280 g/mol. The van der Waals surface area contributed by atoms with Crippen molar-refractivity contribution in [1.29, 1.82) is 0 Å². The number of fused-ring (bicyclic) bond motifs is 1. The topological polar surface area (TPSA) is 33.1 Å². The van der Waals surface area contributed by atoms with Crippen LogP contribution in [-0.2, 0) is 6.42 Å². The van der Waals surface area contributed by atoms with Crippen molar-refractivity contribution < 1.29 is 5.11 Å². The number of aromatic nitrogens is 1. The largest absolute Gasteiger partial charge is 0.388 e. The van der Waals surface area contributed by atoms with Gasteiger partial charge in [0.2, 0.25) is 3.79 Å². The second-order valence-corrected chi connectivity index (χ2v) is 6.13. The highest BCUT2D eigenvalue weighted by atomic mass is 35.6. The average Bonchev–Trinajstić information content (AvgIpc) is 2.27. The molecule has 0 aliphatic heterocycles. The molecule has 2 aromatic rings. The average molecular weight is 291 g/mol. The van der Waals surface area contributed by atoms with E-state index in [-0.39, 0.29) is 6.42 Å². The predicted octanol–water partition coefficient (Wildman–Crippen LogP) is 3.51. The molecule has 0 spiro atoms. The summed E-state index contributed by atoms with van der Waals surface area (Å²) in [5.74, 6) is 0. The maximum absolute atomic E-state index is 9.68. The quantitative estimate of drug-likeness (QED) is 0.859. The van der Waals surface area contributed by atoms with E-state index in [0.29, 0.717) is 5.69 Å². The van der Waals surface area contributed by atoms with Crippen LogP contribution < -0.4 is 0 Å². The molecule has 2 rings (SSSR count). The third-order valence-electron chi connectivity index (χ3n) is 2.44. The van der Waals surface area contributed by atoms with Crippen molar-refractivity contribution in [2.24, 2.45) is 0 Å². The molecule has 0 aliphatic rings. The minimum Gasteiger partial charge on any atom is -0.388 e. The number of rotatable bonds is 2. The summed E-state index contributed by atoms with van der Waals surface area (Å²) >= 11 is 16.8. The molecule has 0 saturated carbocycles. The zero-order valence-corrected chi connectivity index (χ0v) is 11.0. The standard InChI is InChI=1S/C12H10Cl3NO/c13-12(14,15)11(17)7-9-6-5-8-3-1-2-4-10(8)16-9/h1-6,11,17H,7H2. The van der Waals surface area contributed by atoms with Gasteiger partial charge in [-0.2, -0.15) is 0 Å². The van der Waals surface area contributed by atoms with Crippen LogP contribution in [0.4, 0.5) is 0 Å². The summed E-state index contributed by atoms with van der Waals surface area (Å²) in [6.45, 7) is 0. The fourth-order valence-electron chi connectivity index (χ4n) is 1.54. The fraction of sp³-hybridized carbons (Fsp3) is 0.250. The van der Waals surface area contributed by atoms with E-state index < -0.39 is 9.90 Å². The smallest absolute Gasteiger partial charge is 0.216 e. The Bertz CT molecular complexity index is 524. The van der Waals surface area contributed by atoms with Crippen molar-refractivity contribution in [3.05, 3.63) is 42.1 Å². The molecule has 1 aromatic heterocycles. The Hall–Kier alpha value is -0.540. The number of hydrogen-bond acceptors (Lipinski definition) is 2. The highest BCUT2D eigenvalue weighted by Crippen LogP contribution is 2.31. The van der Waals surface area contributed by atoms with Gasteiger partial charge in [0.25, 0.3) is 0 Å². The molecule has 0 radical (unpaired) electrons. The molecule has 1 heterocycles. The van der Waals surface area contributed by atoms with Crippen LogP contribution in [0.2, 0.25) is 0 Å². The molecule has 90 valence electrons. The van der Waals surface area contributed by atoms with Crippen molar-refractivity contribution >= 4 is 45.7 Å². The summed E-state index contributed by atoms with van der Waals surface area (Å²) in [7, 11) is 0. The van der Waals surface area contributed by atoms with Gasteiger partial charge in [0, 0.05) is 17.5 Å². The van der Waals surface area contributed by atoms with Crippen LogP contribution in [0.5, 0.6) is 0 Å². The van der Waals surface area contributed by atoms with Crippen molar-refractivity contribution in [3.8, 4) is 0 Å². The maximum Gasteiger partial charge on any atom is 0.216 e. The monoisotopic (exact) mass is 289 g/mol. The number of para-hydroxylation sites is 1. The summed E-state index contributed by atoms with van der Waals surface area (Å²) in [6, 6.07) is 11.5. The van der Waals surface area contributed by atoms with Gasteiger partial charge in [0.05, 0.1) is 5.52 Å². The first kappa shape index (κ1) is 12.9. The fourth-order valence-corrected chi connectivity index (χ4v) is 1.77. The number of alkyl halides is 3. The summed E-state index contributed by atoms with van der Waals surface area (Å²) in [4.78, 5) is 4.39. The van der Waals surface area contributed by atoms with E-state index in [0.717, 1.165) is 10.9 Å². The normalized spacial score (nSPS) is 13.9. The predicted molar refractivity (Wildman–Crippen MR) is 71.7 cm³/mol. The second kappa shape index (κ2) is 4.99. The first-order valence-corrected chi connectivity index (χ1v) is 6.19. The first-order valence-electron chi connectivity index (χ1n) is 5.06. The van der Waals surface area contributed by atoms with Gasteiger partial charge in [-0.05, 0) is 12.1 Å². The Kier molecular flexibility index (Phi) is 3.79. The molecule has 1 unspecified atom stereocenters. The van der Waals surface area contributed by atoms with E-state index in [1.165, 1.54) is 0 Å². The summed E-state index contributed by atoms with van der Waals surface area (Å²) < 4.78 is -1.69. The van der Waals surface area contributed by atoms with Gasteiger partial charge in [0.1, 0.15) is 6.10 Å². The second-order valence-electron chi connectivity index (χ2n) is 3.76. The number of aliphatic hydroxyl groups is 1. The minimum atomic E-state index is -1.69. The summed E-state index contributed by atoms with van der Waals surface area (Å²) in [5.41, 5.74) is 1.56. The van der Waals surface area contributed by atoms with E-state index in [1.54, 1.807) is 0 Å². The van der Waals surface area contributed by atoms with E-state index in [9.17, 15) is 5.11 Å². The number of pyridine rings is 1. The molecule has 5 heteroatoms. The van der Waals surface area contributed by atoms with Crippen LogP contribution in [0, 0.1) is 0 Å². The van der Waals surface area contributed by atoms with Crippen LogP contribution in [0.25, 0.3) is 10.9 Å². The van der Waals surface area contributed by atoms with Crippen LogP contribution in [0.1, 0.15) is 5.69 Å². The van der Waals surface area contributed by atoms with Crippen molar-refractivity contribution in [2.45, 2.75) is 16.3 Å². The van der Waals surface area contributed by atoms with Gasteiger partial charge in [-0.15, -0.1) is 0 Å². The van der Waals surface area contributed by atoms with Crippen LogP contribution in [-0.4, -0.2) is 20.0 Å². The number of benzene rings is 1. The Morgan fingerprint density at radius 2 is 1.82 bits per heavy atom. The van der Waals surface area contributed by atoms with Crippen molar-refractivity contribution in [1.82, 2.24) is 4.98 Å². The third kappa shape index (κ3) is 3.23. The molecule has 0 bridgehead atoms. The molecule has 0 saturated heterocycles. The number of aliphatic hydroxyl groups excluding tert-OH is 1. The molecule has 1 N–H and O–H groups in total. The molecule has 1 atom stereocenters. The highest BCUT2D eigenvalue weighted by molar-refractivity contribution is 6.68. The summed E-state index contributed by atoms with van der Waals surface area (Å²) in [6.07, 6.45) is -0.859. The molecular formula is C12H10Cl3NO. The van der Waals surface area contributed by atoms with Crippen LogP contribution in [0.3, 0.4) is 0 Å². The Labute approximate surface area is 114 Å². The lowest BCUT2D eigenvalue weighted by Crippen LogP contribution is -2.27. The van der Waals surface area contributed by atoms with Crippen molar-refractivity contribution in [2.75, 3.05) is 0 Å². The number of nitrogens with zero attached hydrogens (tertiary/aromatic N) is 1. The Balaban J connectivity index is 2.25. The zero-order valence-electron chi connectivity index (χ0n) is 8.78.